The number of primary amides is 1. The molecule has 0 heterocycles. The average molecular weight is 263 g/mol. The van der Waals surface area contributed by atoms with E-state index in [2.05, 4.69) is 24.4 Å². The number of hydrogen-bond donors (Lipinski definition) is 2. The minimum absolute atomic E-state index is 0.422. The largest absolute Gasteiger partial charge is 0.350 e. The van der Waals surface area contributed by atoms with Crippen molar-refractivity contribution >= 4 is 12.2 Å². The molecule has 4 aliphatic carbocycles. The minimum atomic E-state index is -0.583. The lowest BCUT2D eigenvalue weighted by Crippen LogP contribution is -2.55. The number of nitrogens with zero attached hydrogens (tertiary/aromatic N) is 1. The molecule has 4 heteroatoms. The van der Waals surface area contributed by atoms with E-state index >= 15 is 0 Å². The fraction of sp³-hybridized carbons (Fsp3) is 0.867. The molecule has 2 atom stereocenters. The molecule has 4 fully saturated rings. The zero-order chi connectivity index (χ0) is 13.7. The van der Waals surface area contributed by atoms with Crippen LogP contribution in [0.5, 0.6) is 0 Å². The van der Waals surface area contributed by atoms with E-state index in [1.807, 2.05) is 6.21 Å². The first kappa shape index (κ1) is 12.9. The number of amides is 2. The fourth-order valence-electron chi connectivity index (χ4n) is 6.26. The number of nitrogens with two attached hydrogens (primary N) is 1. The van der Waals surface area contributed by atoms with Gasteiger partial charge in [0, 0.05) is 6.21 Å². The zero-order valence-corrected chi connectivity index (χ0v) is 12.0. The Morgan fingerprint density at radius 1 is 1.26 bits per heavy atom. The van der Waals surface area contributed by atoms with Crippen LogP contribution in [0, 0.1) is 22.2 Å². The van der Waals surface area contributed by atoms with Crippen molar-refractivity contribution in [2.45, 2.75) is 58.8 Å². The molecule has 4 bridgehead atoms. The summed E-state index contributed by atoms with van der Waals surface area (Å²) in [6.07, 6.45) is 11.1. The standard InChI is InChI=1S/C15H25N3O/c1-13-5-11-6-14(2,8-13)10-15(7-11,9-13)3-4-17-18-12(16)19/h4,11H,3,5-10H2,1-2H3,(H3,16,18,19). The van der Waals surface area contributed by atoms with Crippen molar-refractivity contribution in [3.05, 3.63) is 0 Å². The molecule has 0 aromatic heterocycles. The van der Waals surface area contributed by atoms with Crippen molar-refractivity contribution < 1.29 is 4.79 Å². The highest BCUT2D eigenvalue weighted by Gasteiger charge is 2.59. The van der Waals surface area contributed by atoms with Crippen LogP contribution < -0.4 is 11.2 Å². The highest BCUT2D eigenvalue weighted by Crippen LogP contribution is 2.70. The van der Waals surface area contributed by atoms with E-state index < -0.39 is 6.03 Å². The summed E-state index contributed by atoms with van der Waals surface area (Å²) in [5.74, 6) is 0.906. The van der Waals surface area contributed by atoms with Crippen LogP contribution in [0.2, 0.25) is 0 Å². The molecule has 2 unspecified atom stereocenters. The van der Waals surface area contributed by atoms with Crippen LogP contribution >= 0.6 is 0 Å². The molecule has 4 aliphatic rings. The van der Waals surface area contributed by atoms with E-state index in [9.17, 15) is 4.79 Å². The average Bonchev–Trinajstić information content (AvgIpc) is 2.18. The summed E-state index contributed by atoms with van der Waals surface area (Å²) in [4.78, 5) is 10.6. The van der Waals surface area contributed by atoms with Crippen molar-refractivity contribution in [2.75, 3.05) is 0 Å². The zero-order valence-electron chi connectivity index (χ0n) is 12.0. The highest BCUT2D eigenvalue weighted by atomic mass is 16.2. The van der Waals surface area contributed by atoms with E-state index in [0.717, 1.165) is 12.3 Å². The number of hydrogen-bond acceptors (Lipinski definition) is 2. The number of carbonyl (C=O) groups is 1. The predicted molar refractivity (Wildman–Crippen MR) is 75.7 cm³/mol. The Morgan fingerprint density at radius 2 is 1.89 bits per heavy atom. The van der Waals surface area contributed by atoms with E-state index in [1.165, 1.54) is 38.5 Å². The lowest BCUT2D eigenvalue weighted by Gasteiger charge is -2.65. The van der Waals surface area contributed by atoms with Gasteiger partial charge in [-0.1, -0.05) is 13.8 Å². The van der Waals surface area contributed by atoms with Crippen LogP contribution in [0.1, 0.15) is 58.8 Å². The smallest absolute Gasteiger partial charge is 0.332 e. The van der Waals surface area contributed by atoms with Crippen molar-refractivity contribution in [1.82, 2.24) is 5.43 Å². The van der Waals surface area contributed by atoms with Crippen molar-refractivity contribution in [2.24, 2.45) is 33.0 Å². The number of urea groups is 1. The van der Waals surface area contributed by atoms with Gasteiger partial charge in [-0.25, -0.2) is 10.2 Å². The molecule has 19 heavy (non-hydrogen) atoms. The fourth-order valence-corrected chi connectivity index (χ4v) is 6.26. The maximum Gasteiger partial charge on any atom is 0.332 e. The van der Waals surface area contributed by atoms with E-state index in [1.54, 1.807) is 0 Å². The van der Waals surface area contributed by atoms with Crippen LogP contribution in [0.15, 0.2) is 5.10 Å². The van der Waals surface area contributed by atoms with Gasteiger partial charge in [0.15, 0.2) is 0 Å². The van der Waals surface area contributed by atoms with Gasteiger partial charge in [0.05, 0.1) is 0 Å². The summed E-state index contributed by atoms with van der Waals surface area (Å²) in [7, 11) is 0. The van der Waals surface area contributed by atoms with Gasteiger partial charge in [-0.3, -0.25) is 0 Å². The van der Waals surface area contributed by atoms with Gasteiger partial charge < -0.3 is 5.73 Å². The summed E-state index contributed by atoms with van der Waals surface area (Å²) >= 11 is 0. The molecule has 4 saturated carbocycles. The van der Waals surface area contributed by atoms with Crippen molar-refractivity contribution in [1.29, 1.82) is 0 Å². The molecule has 4 nitrogen and oxygen atoms in total. The Kier molecular flexibility index (Phi) is 2.70. The molecule has 2 amide bonds. The van der Waals surface area contributed by atoms with Gasteiger partial charge in [-0.2, -0.15) is 5.10 Å². The van der Waals surface area contributed by atoms with Crippen LogP contribution in [-0.2, 0) is 0 Å². The third-order valence-corrected chi connectivity index (χ3v) is 5.53. The molecule has 0 aromatic rings. The Labute approximate surface area is 115 Å². The second kappa shape index (κ2) is 3.97. The van der Waals surface area contributed by atoms with Crippen LogP contribution in [0.3, 0.4) is 0 Å². The molecule has 0 saturated heterocycles. The summed E-state index contributed by atoms with van der Waals surface area (Å²) in [5.41, 5.74) is 8.83. The van der Waals surface area contributed by atoms with Crippen LogP contribution in [0.4, 0.5) is 4.79 Å². The number of hydrazone groups is 1. The van der Waals surface area contributed by atoms with Gasteiger partial charge >= 0.3 is 6.03 Å². The first-order chi connectivity index (χ1) is 8.82. The molecule has 106 valence electrons. The minimum Gasteiger partial charge on any atom is -0.350 e. The van der Waals surface area contributed by atoms with Crippen LogP contribution in [0.25, 0.3) is 0 Å². The number of nitrogens with one attached hydrogen (secondary N) is 1. The molecule has 4 rings (SSSR count). The number of carbonyl (C=O) groups excluding carboxylic acids is 1. The first-order valence-corrected chi connectivity index (χ1v) is 7.39. The summed E-state index contributed by atoms with van der Waals surface area (Å²) in [5, 5.41) is 3.94. The van der Waals surface area contributed by atoms with E-state index in [-0.39, 0.29) is 0 Å². The Hall–Kier alpha value is -1.06. The normalized spacial score (nSPS) is 47.8. The monoisotopic (exact) mass is 263 g/mol. The van der Waals surface area contributed by atoms with Gasteiger partial charge in [-0.15, -0.1) is 0 Å². The Bertz CT molecular complexity index is 413. The van der Waals surface area contributed by atoms with E-state index in [4.69, 9.17) is 5.73 Å². The summed E-state index contributed by atoms with van der Waals surface area (Å²) in [6, 6.07) is -0.583. The molecule has 0 spiro atoms. The van der Waals surface area contributed by atoms with Crippen molar-refractivity contribution in [3.63, 3.8) is 0 Å². The molecular weight excluding hydrogens is 238 g/mol. The quantitative estimate of drug-likeness (QED) is 0.596. The van der Waals surface area contributed by atoms with Crippen LogP contribution in [-0.4, -0.2) is 12.2 Å². The van der Waals surface area contributed by atoms with Gasteiger partial charge in [0.1, 0.15) is 0 Å². The van der Waals surface area contributed by atoms with Gasteiger partial charge in [-0.05, 0) is 67.1 Å². The summed E-state index contributed by atoms with van der Waals surface area (Å²) < 4.78 is 0. The summed E-state index contributed by atoms with van der Waals surface area (Å²) in [6.45, 7) is 4.95. The predicted octanol–water partition coefficient (Wildman–Crippen LogP) is 3.03. The van der Waals surface area contributed by atoms with E-state index in [0.29, 0.717) is 16.2 Å². The SMILES string of the molecule is CC12CC3CC(C)(C1)CC(CC=NNC(N)=O)(C3)C2. The Balaban J connectivity index is 1.73. The third kappa shape index (κ3) is 2.37. The lowest BCUT2D eigenvalue weighted by atomic mass is 9.40. The topological polar surface area (TPSA) is 67.5 Å². The van der Waals surface area contributed by atoms with Gasteiger partial charge in [0.2, 0.25) is 0 Å². The lowest BCUT2D eigenvalue weighted by molar-refractivity contribution is -0.141. The maximum atomic E-state index is 10.6. The molecule has 0 aliphatic heterocycles. The third-order valence-electron chi connectivity index (χ3n) is 5.53. The highest BCUT2D eigenvalue weighted by molar-refractivity contribution is 5.72. The molecular formula is C15H25N3O. The Morgan fingerprint density at radius 3 is 2.42 bits per heavy atom. The number of rotatable bonds is 3. The second-order valence-electron chi connectivity index (χ2n) is 8.12. The van der Waals surface area contributed by atoms with Crippen molar-refractivity contribution in [3.8, 4) is 0 Å². The second-order valence-corrected chi connectivity index (χ2v) is 8.12. The molecule has 0 radical (unpaired) electrons. The molecule has 3 N–H and O–H groups in total. The maximum absolute atomic E-state index is 10.6. The molecule has 0 aromatic carbocycles. The first-order valence-electron chi connectivity index (χ1n) is 7.39. The van der Waals surface area contributed by atoms with Gasteiger partial charge in [0.25, 0.3) is 0 Å².